The number of rotatable bonds is 7. The van der Waals surface area contributed by atoms with Gasteiger partial charge in [-0.05, 0) is 47.0 Å². The Bertz CT molecular complexity index is 1110. The van der Waals surface area contributed by atoms with E-state index in [0.29, 0.717) is 17.0 Å². The molecule has 0 aromatic heterocycles. The highest BCUT2D eigenvalue weighted by Gasteiger charge is 2.30. The number of fused-ring (bicyclic) bond motifs is 1. The molecule has 3 N–H and O–H groups in total. The molecule has 3 aromatic rings. The van der Waals surface area contributed by atoms with Crippen LogP contribution in [0.25, 0.3) is 10.8 Å². The number of phenols is 1. The maximum Gasteiger partial charge on any atom is 0.252 e. The highest BCUT2D eigenvalue weighted by molar-refractivity contribution is 6.07. The van der Waals surface area contributed by atoms with Crippen LogP contribution in [0.15, 0.2) is 65.8 Å². The van der Waals surface area contributed by atoms with E-state index >= 15 is 0 Å². The average Bonchev–Trinajstić information content (AvgIpc) is 2.75. The summed E-state index contributed by atoms with van der Waals surface area (Å²) in [6.45, 7) is 3.58. The van der Waals surface area contributed by atoms with Crippen molar-refractivity contribution in [2.45, 2.75) is 13.8 Å². The van der Waals surface area contributed by atoms with Gasteiger partial charge in [0.1, 0.15) is 17.4 Å². The smallest absolute Gasteiger partial charge is 0.252 e. The quantitative estimate of drug-likeness (QED) is 0.307. The molecular formula is C24H25N3O4. The zero-order valence-corrected chi connectivity index (χ0v) is 17.6. The molecule has 7 nitrogen and oxygen atoms in total. The van der Waals surface area contributed by atoms with Gasteiger partial charge in [-0.25, -0.2) is 5.43 Å². The van der Waals surface area contributed by atoms with Crippen LogP contribution in [0.2, 0.25) is 0 Å². The Labute approximate surface area is 180 Å². The molecule has 0 aliphatic rings. The van der Waals surface area contributed by atoms with Crippen molar-refractivity contribution >= 4 is 34.5 Å². The topological polar surface area (TPSA) is 100 Å². The predicted octanol–water partition coefficient (Wildman–Crippen LogP) is 3.92. The third kappa shape index (κ3) is 5.19. The minimum Gasteiger partial charge on any atom is -0.507 e. The summed E-state index contributed by atoms with van der Waals surface area (Å²) in [6.07, 6.45) is 1.38. The van der Waals surface area contributed by atoms with E-state index in [1.54, 1.807) is 57.4 Å². The first-order valence-corrected chi connectivity index (χ1v) is 9.89. The lowest BCUT2D eigenvalue weighted by Gasteiger charge is -2.18. The van der Waals surface area contributed by atoms with Crippen molar-refractivity contribution in [2.75, 3.05) is 12.4 Å². The first kappa shape index (κ1) is 21.8. The second-order valence-electron chi connectivity index (χ2n) is 7.39. The zero-order valence-electron chi connectivity index (χ0n) is 17.6. The summed E-state index contributed by atoms with van der Waals surface area (Å²) in [6, 6.07) is 17.8. The lowest BCUT2D eigenvalue weighted by Crippen LogP contribution is -2.39. The number of phenolic OH excluding ortho intramolecular Hbond substituents is 1. The summed E-state index contributed by atoms with van der Waals surface area (Å²) >= 11 is 0. The normalized spacial score (nSPS) is 12.1. The van der Waals surface area contributed by atoms with Crippen LogP contribution in [-0.2, 0) is 9.59 Å². The van der Waals surface area contributed by atoms with Gasteiger partial charge in [0.15, 0.2) is 0 Å². The summed E-state index contributed by atoms with van der Waals surface area (Å²) < 4.78 is 5.10. The number of aromatic hydroxyl groups is 1. The van der Waals surface area contributed by atoms with Crippen LogP contribution in [0.5, 0.6) is 11.5 Å². The third-order valence-corrected chi connectivity index (χ3v) is 4.91. The second kappa shape index (κ2) is 9.75. The largest absolute Gasteiger partial charge is 0.507 e. The fourth-order valence-corrected chi connectivity index (χ4v) is 3.27. The number of anilines is 1. The van der Waals surface area contributed by atoms with Crippen LogP contribution in [0, 0.1) is 11.8 Å². The van der Waals surface area contributed by atoms with Crippen molar-refractivity contribution in [3.05, 3.63) is 66.2 Å². The van der Waals surface area contributed by atoms with Crippen molar-refractivity contribution in [3.8, 4) is 11.5 Å². The van der Waals surface area contributed by atoms with Crippen molar-refractivity contribution in [3.63, 3.8) is 0 Å². The van der Waals surface area contributed by atoms with Gasteiger partial charge in [-0.3, -0.25) is 9.59 Å². The second-order valence-corrected chi connectivity index (χ2v) is 7.39. The van der Waals surface area contributed by atoms with Gasteiger partial charge in [0.25, 0.3) is 5.91 Å². The number of nitrogens with zero attached hydrogens (tertiary/aromatic N) is 1. The Hall–Kier alpha value is -3.87. The summed E-state index contributed by atoms with van der Waals surface area (Å²) in [5.74, 6) is -1.44. The van der Waals surface area contributed by atoms with E-state index in [0.717, 1.165) is 10.8 Å². The molecule has 0 heterocycles. The van der Waals surface area contributed by atoms with Crippen molar-refractivity contribution < 1.29 is 19.4 Å². The first-order chi connectivity index (χ1) is 14.9. The first-order valence-electron chi connectivity index (χ1n) is 9.89. The minimum absolute atomic E-state index is 0.0503. The summed E-state index contributed by atoms with van der Waals surface area (Å²) in [7, 11) is 1.56. The molecule has 0 saturated heterocycles. The summed E-state index contributed by atoms with van der Waals surface area (Å²) in [5.41, 5.74) is 3.48. The number of hydrogen-bond donors (Lipinski definition) is 3. The molecule has 31 heavy (non-hydrogen) atoms. The summed E-state index contributed by atoms with van der Waals surface area (Å²) in [5, 5.41) is 18.7. The maximum absolute atomic E-state index is 12.7. The Morgan fingerprint density at radius 3 is 2.39 bits per heavy atom. The molecule has 0 bridgehead atoms. The molecule has 0 radical (unpaired) electrons. The number of nitrogens with one attached hydrogen (secondary N) is 2. The van der Waals surface area contributed by atoms with Crippen molar-refractivity contribution in [1.29, 1.82) is 0 Å². The zero-order chi connectivity index (χ0) is 22.4. The van der Waals surface area contributed by atoms with Crippen LogP contribution in [0.1, 0.15) is 19.4 Å². The number of carbonyl (C=O) groups is 2. The van der Waals surface area contributed by atoms with Crippen molar-refractivity contribution in [1.82, 2.24) is 5.43 Å². The number of benzene rings is 3. The van der Waals surface area contributed by atoms with Gasteiger partial charge >= 0.3 is 0 Å². The monoisotopic (exact) mass is 419 g/mol. The number of carbonyl (C=O) groups excluding carboxylic acids is 2. The van der Waals surface area contributed by atoms with Gasteiger partial charge in [0.05, 0.1) is 13.3 Å². The van der Waals surface area contributed by atoms with E-state index < -0.39 is 17.7 Å². The highest BCUT2D eigenvalue weighted by atomic mass is 16.5. The molecular weight excluding hydrogens is 394 g/mol. The third-order valence-electron chi connectivity index (χ3n) is 4.91. The van der Waals surface area contributed by atoms with Crippen LogP contribution in [-0.4, -0.2) is 30.2 Å². The van der Waals surface area contributed by atoms with Gasteiger partial charge in [0.2, 0.25) is 5.91 Å². The molecule has 0 spiro atoms. The Morgan fingerprint density at radius 1 is 1.00 bits per heavy atom. The standard InChI is InChI=1S/C24H25N3O4/c1-15(2)22(23(29)26-17-9-11-18(31-3)12-10-17)24(30)27-25-14-20-19-7-5-4-6-16(19)8-13-21(20)28/h4-15,22,28H,1-3H3,(H,26,29)(H,27,30)/b25-14+. The molecule has 160 valence electrons. The lowest BCUT2D eigenvalue weighted by molar-refractivity contribution is -0.134. The van der Waals surface area contributed by atoms with Crippen LogP contribution >= 0.6 is 0 Å². The molecule has 3 rings (SSSR count). The predicted molar refractivity (Wildman–Crippen MR) is 121 cm³/mol. The lowest BCUT2D eigenvalue weighted by atomic mass is 9.94. The van der Waals surface area contributed by atoms with E-state index in [1.807, 2.05) is 24.3 Å². The molecule has 0 fully saturated rings. The number of hydrazone groups is 1. The van der Waals surface area contributed by atoms with E-state index in [4.69, 9.17) is 4.74 Å². The molecule has 1 atom stereocenters. The number of amides is 2. The molecule has 3 aromatic carbocycles. The average molecular weight is 419 g/mol. The molecule has 0 aliphatic carbocycles. The molecule has 0 saturated carbocycles. The van der Waals surface area contributed by atoms with E-state index in [2.05, 4.69) is 15.8 Å². The maximum atomic E-state index is 12.7. The van der Waals surface area contributed by atoms with E-state index in [9.17, 15) is 14.7 Å². The van der Waals surface area contributed by atoms with Gasteiger partial charge in [-0.15, -0.1) is 0 Å². The van der Waals surface area contributed by atoms with Crippen LogP contribution in [0.3, 0.4) is 0 Å². The Morgan fingerprint density at radius 2 is 1.71 bits per heavy atom. The molecule has 2 amide bonds. The number of ether oxygens (including phenoxy) is 1. The van der Waals surface area contributed by atoms with Gasteiger partial charge in [-0.2, -0.15) is 5.10 Å². The van der Waals surface area contributed by atoms with Gasteiger partial charge < -0.3 is 15.2 Å². The Kier molecular flexibility index (Phi) is 6.87. The number of methoxy groups -OCH3 is 1. The fraction of sp³-hybridized carbons (Fsp3) is 0.208. The summed E-state index contributed by atoms with van der Waals surface area (Å²) in [4.78, 5) is 25.4. The van der Waals surface area contributed by atoms with Crippen LogP contribution < -0.4 is 15.5 Å². The highest BCUT2D eigenvalue weighted by Crippen LogP contribution is 2.25. The minimum atomic E-state index is -0.944. The van der Waals surface area contributed by atoms with Gasteiger partial charge in [0, 0.05) is 11.3 Å². The van der Waals surface area contributed by atoms with E-state index in [1.165, 1.54) is 6.21 Å². The van der Waals surface area contributed by atoms with Crippen LogP contribution in [0.4, 0.5) is 5.69 Å². The Balaban J connectivity index is 1.72. The molecule has 0 aliphatic heterocycles. The number of hydrogen-bond acceptors (Lipinski definition) is 5. The molecule has 7 heteroatoms. The fourth-order valence-electron chi connectivity index (χ4n) is 3.27. The van der Waals surface area contributed by atoms with Crippen molar-refractivity contribution in [2.24, 2.45) is 16.9 Å². The van der Waals surface area contributed by atoms with Gasteiger partial charge in [-0.1, -0.05) is 44.2 Å². The molecule has 1 unspecified atom stereocenters. The SMILES string of the molecule is COc1ccc(NC(=O)C(C(=O)N/N=C/c2c(O)ccc3ccccc23)C(C)C)cc1. The van der Waals surface area contributed by atoms with E-state index in [-0.39, 0.29) is 11.7 Å².